The first-order valence-electron chi connectivity index (χ1n) is 13.8. The highest BCUT2D eigenvalue weighted by atomic mass is 35.5. The molecule has 0 bridgehead atoms. The van der Waals surface area contributed by atoms with Gasteiger partial charge in [0.05, 0.1) is 18.1 Å². The van der Waals surface area contributed by atoms with E-state index in [0.717, 1.165) is 50.7 Å². The van der Waals surface area contributed by atoms with E-state index in [2.05, 4.69) is 31.8 Å². The fraction of sp³-hybridized carbons (Fsp3) is 0.433. The van der Waals surface area contributed by atoms with Gasteiger partial charge in [-0.2, -0.15) is 8.78 Å². The lowest BCUT2D eigenvalue weighted by molar-refractivity contribution is -0.116. The third-order valence-electron chi connectivity index (χ3n) is 7.06. The van der Waals surface area contributed by atoms with E-state index in [4.69, 9.17) is 11.6 Å². The third-order valence-corrected chi connectivity index (χ3v) is 8.72. The Morgan fingerprint density at radius 1 is 1.20 bits per heavy atom. The van der Waals surface area contributed by atoms with Gasteiger partial charge in [0, 0.05) is 67.5 Å². The number of piperazine rings is 1. The molecule has 220 valence electrons. The number of aromatic nitrogens is 2. The highest BCUT2D eigenvalue weighted by Gasteiger charge is 2.28. The van der Waals surface area contributed by atoms with E-state index in [0.29, 0.717) is 28.3 Å². The lowest BCUT2D eigenvalue weighted by Crippen LogP contribution is -2.48. The van der Waals surface area contributed by atoms with Gasteiger partial charge in [-0.25, -0.2) is 8.70 Å². The number of carbonyl (C=O) groups is 1. The molecule has 2 aromatic heterocycles. The van der Waals surface area contributed by atoms with Crippen molar-refractivity contribution in [3.8, 4) is 0 Å². The number of hydrogen-bond donors (Lipinski definition) is 2. The van der Waals surface area contributed by atoms with Crippen molar-refractivity contribution in [2.45, 2.75) is 57.4 Å². The second kappa shape index (κ2) is 14.5. The molecule has 4 rings (SSSR count). The van der Waals surface area contributed by atoms with E-state index in [-0.39, 0.29) is 24.1 Å². The van der Waals surface area contributed by atoms with E-state index in [1.807, 2.05) is 11.9 Å². The summed E-state index contributed by atoms with van der Waals surface area (Å²) in [6, 6.07) is 10.1. The molecule has 2 unspecified atom stereocenters. The third kappa shape index (κ3) is 8.67. The maximum absolute atomic E-state index is 15.0. The molecule has 3 aromatic rings. The molecule has 2 atom stereocenters. The molecular formula is C30H35ClF3N5OS. The van der Waals surface area contributed by atoms with Crippen molar-refractivity contribution in [2.24, 2.45) is 0 Å². The predicted molar refractivity (Wildman–Crippen MR) is 159 cm³/mol. The Balaban J connectivity index is 1.51. The average Bonchev–Trinajstić information content (AvgIpc) is 2.95. The topological polar surface area (TPSA) is 70.2 Å². The number of halogens is 4. The first-order valence-corrected chi connectivity index (χ1v) is 15.1. The average molecular weight is 606 g/mol. The van der Waals surface area contributed by atoms with Crippen LogP contribution < -0.4 is 10.6 Å². The maximum Gasteiger partial charge on any atom is 0.286 e. The van der Waals surface area contributed by atoms with E-state index < -0.39 is 17.7 Å². The SMILES string of the molecule is CCCSN1CCNCC1CCc1c(F)cncc1NC(=O)CC(c1ccc(Cl)cc1)c1ccc(C(C)(F)F)nc1. The van der Waals surface area contributed by atoms with Gasteiger partial charge in [0.1, 0.15) is 11.5 Å². The predicted octanol–water partition coefficient (Wildman–Crippen LogP) is 6.81. The fourth-order valence-corrected chi connectivity index (χ4v) is 6.04. The van der Waals surface area contributed by atoms with Crippen LogP contribution in [0, 0.1) is 5.82 Å². The van der Waals surface area contributed by atoms with Crippen molar-refractivity contribution >= 4 is 35.1 Å². The van der Waals surface area contributed by atoms with Gasteiger partial charge in [-0.3, -0.25) is 14.8 Å². The van der Waals surface area contributed by atoms with Crippen molar-refractivity contribution in [2.75, 3.05) is 30.7 Å². The molecular weight excluding hydrogens is 571 g/mol. The largest absolute Gasteiger partial charge is 0.324 e. The second-order valence-electron chi connectivity index (χ2n) is 10.2. The lowest BCUT2D eigenvalue weighted by atomic mass is 9.89. The van der Waals surface area contributed by atoms with Crippen LogP contribution >= 0.6 is 23.5 Å². The van der Waals surface area contributed by atoms with E-state index in [1.54, 1.807) is 30.3 Å². The molecule has 0 aliphatic carbocycles. The van der Waals surface area contributed by atoms with Crippen LogP contribution in [-0.4, -0.2) is 51.6 Å². The van der Waals surface area contributed by atoms with E-state index in [9.17, 15) is 18.0 Å². The van der Waals surface area contributed by atoms with Gasteiger partial charge in [0.25, 0.3) is 5.92 Å². The number of carbonyl (C=O) groups excluding carboxylic acids is 1. The molecule has 1 fully saturated rings. The molecule has 1 aliphatic heterocycles. The summed E-state index contributed by atoms with van der Waals surface area (Å²) in [5, 5.41) is 6.81. The monoisotopic (exact) mass is 605 g/mol. The van der Waals surface area contributed by atoms with Gasteiger partial charge in [0.15, 0.2) is 0 Å². The minimum absolute atomic E-state index is 0.0187. The highest BCUT2D eigenvalue weighted by Crippen LogP contribution is 2.32. The Labute approximate surface area is 248 Å². The summed E-state index contributed by atoms with van der Waals surface area (Å²) in [4.78, 5) is 21.3. The number of alkyl halides is 2. The molecule has 0 saturated carbocycles. The summed E-state index contributed by atoms with van der Waals surface area (Å²) < 4.78 is 44.9. The smallest absolute Gasteiger partial charge is 0.286 e. The highest BCUT2D eigenvalue weighted by molar-refractivity contribution is 7.97. The molecule has 11 heteroatoms. The molecule has 1 aromatic carbocycles. The minimum Gasteiger partial charge on any atom is -0.324 e. The summed E-state index contributed by atoms with van der Waals surface area (Å²) in [6.45, 7) is 5.61. The number of rotatable bonds is 12. The Hall–Kier alpha value is -2.66. The Morgan fingerprint density at radius 2 is 1.95 bits per heavy atom. The molecule has 6 nitrogen and oxygen atoms in total. The zero-order chi connectivity index (χ0) is 29.4. The van der Waals surface area contributed by atoms with Crippen molar-refractivity contribution in [3.05, 3.63) is 88.2 Å². The molecule has 41 heavy (non-hydrogen) atoms. The van der Waals surface area contributed by atoms with Gasteiger partial charge < -0.3 is 10.6 Å². The van der Waals surface area contributed by atoms with Crippen LogP contribution in [0.5, 0.6) is 0 Å². The van der Waals surface area contributed by atoms with Gasteiger partial charge in [-0.05, 0) is 48.6 Å². The lowest BCUT2D eigenvalue weighted by Gasteiger charge is -2.35. The Bertz CT molecular complexity index is 1290. The molecule has 1 amide bonds. The molecule has 1 saturated heterocycles. The first-order chi connectivity index (χ1) is 19.7. The van der Waals surface area contributed by atoms with Crippen LogP contribution in [0.25, 0.3) is 0 Å². The van der Waals surface area contributed by atoms with Gasteiger partial charge in [-0.1, -0.05) is 48.7 Å². The fourth-order valence-electron chi connectivity index (χ4n) is 4.88. The summed E-state index contributed by atoms with van der Waals surface area (Å²) in [6.07, 6.45) is 6.23. The van der Waals surface area contributed by atoms with Crippen LogP contribution in [0.3, 0.4) is 0 Å². The zero-order valence-corrected chi connectivity index (χ0v) is 24.8. The number of nitrogens with zero attached hydrogens (tertiary/aromatic N) is 3. The summed E-state index contributed by atoms with van der Waals surface area (Å²) in [7, 11) is 0. The standard InChI is InChI=1S/C30H35ClF3N5OS/c1-3-14-41-39-13-12-35-17-23(39)9-10-24-26(32)18-36-19-27(24)38-29(40)15-25(20-4-7-22(31)8-5-20)21-6-11-28(37-16-21)30(2,33)34/h4-8,11,16,18-19,23,25,35H,3,9-10,12-15,17H2,1-2H3,(H,38,40). The van der Waals surface area contributed by atoms with Crippen LogP contribution in [0.2, 0.25) is 5.02 Å². The van der Waals surface area contributed by atoms with Crippen LogP contribution in [0.15, 0.2) is 55.0 Å². The number of hydrogen-bond acceptors (Lipinski definition) is 6. The zero-order valence-electron chi connectivity index (χ0n) is 23.2. The van der Waals surface area contributed by atoms with E-state index in [1.165, 1.54) is 24.7 Å². The number of pyridine rings is 2. The number of anilines is 1. The number of benzene rings is 1. The molecule has 0 spiro atoms. The molecule has 0 radical (unpaired) electrons. The van der Waals surface area contributed by atoms with Gasteiger partial charge >= 0.3 is 0 Å². The van der Waals surface area contributed by atoms with Crippen molar-refractivity contribution in [1.29, 1.82) is 0 Å². The second-order valence-corrected chi connectivity index (χ2v) is 11.8. The summed E-state index contributed by atoms with van der Waals surface area (Å²) in [5.41, 5.74) is 1.77. The molecule has 3 heterocycles. The van der Waals surface area contributed by atoms with Crippen molar-refractivity contribution < 1.29 is 18.0 Å². The number of amides is 1. The van der Waals surface area contributed by atoms with Crippen LogP contribution in [-0.2, 0) is 17.1 Å². The molecule has 2 N–H and O–H groups in total. The van der Waals surface area contributed by atoms with Crippen molar-refractivity contribution in [3.63, 3.8) is 0 Å². The van der Waals surface area contributed by atoms with Crippen LogP contribution in [0.4, 0.5) is 18.9 Å². The summed E-state index contributed by atoms with van der Waals surface area (Å²) in [5.74, 6) is -3.35. The van der Waals surface area contributed by atoms with Gasteiger partial charge in [-0.15, -0.1) is 0 Å². The van der Waals surface area contributed by atoms with Crippen molar-refractivity contribution in [1.82, 2.24) is 19.6 Å². The number of nitrogens with one attached hydrogen (secondary N) is 2. The Morgan fingerprint density at radius 3 is 2.63 bits per heavy atom. The minimum atomic E-state index is -3.08. The van der Waals surface area contributed by atoms with Crippen LogP contribution in [0.1, 0.15) is 61.4 Å². The van der Waals surface area contributed by atoms with Gasteiger partial charge in [0.2, 0.25) is 5.91 Å². The summed E-state index contributed by atoms with van der Waals surface area (Å²) >= 11 is 7.90. The quantitative estimate of drug-likeness (QED) is 0.221. The normalized spacial score (nSPS) is 16.9. The maximum atomic E-state index is 15.0. The first kappa shape index (κ1) is 31.3. The Kier molecular flexibility index (Phi) is 11.1. The molecule has 1 aliphatic rings. The van der Waals surface area contributed by atoms with E-state index >= 15 is 0 Å².